The second-order valence-corrected chi connectivity index (χ2v) is 6.93. The molecule has 0 amide bonds. The summed E-state index contributed by atoms with van der Waals surface area (Å²) in [4.78, 5) is 12.6. The van der Waals surface area contributed by atoms with Gasteiger partial charge in [0, 0.05) is 18.2 Å². The molecule has 0 atom stereocenters. The molecule has 3 nitrogen and oxygen atoms in total. The highest BCUT2D eigenvalue weighted by Gasteiger charge is 2.08. The van der Waals surface area contributed by atoms with Crippen molar-refractivity contribution in [1.82, 2.24) is 15.0 Å². The van der Waals surface area contributed by atoms with Crippen molar-refractivity contribution in [2.45, 2.75) is 13.3 Å². The second-order valence-electron chi connectivity index (χ2n) is 6.93. The van der Waals surface area contributed by atoms with Crippen molar-refractivity contribution in [3.8, 4) is 11.3 Å². The van der Waals surface area contributed by atoms with Gasteiger partial charge >= 0.3 is 0 Å². The minimum atomic E-state index is 0.804. The van der Waals surface area contributed by atoms with E-state index < -0.39 is 0 Å². The molecule has 1 N–H and O–H groups in total. The minimum Gasteiger partial charge on any atom is -0.342 e. The van der Waals surface area contributed by atoms with Crippen LogP contribution in [0.3, 0.4) is 0 Å². The number of para-hydroxylation sites is 2. The summed E-state index contributed by atoms with van der Waals surface area (Å²) in [5, 5.41) is 2.48. The fraction of sp³-hybridized carbons (Fsp3) is 0.0833. The third-order valence-electron chi connectivity index (χ3n) is 5.05. The molecule has 0 aliphatic rings. The number of benzene rings is 3. The maximum Gasteiger partial charge on any atom is 0.111 e. The lowest BCUT2D eigenvalue weighted by Crippen LogP contribution is -1.94. The summed E-state index contributed by atoms with van der Waals surface area (Å²) < 4.78 is 0. The molecule has 2 aromatic heterocycles. The Labute approximate surface area is 157 Å². The Balaban J connectivity index is 1.52. The van der Waals surface area contributed by atoms with Gasteiger partial charge in [-0.2, -0.15) is 0 Å². The maximum atomic E-state index is 4.72. The summed E-state index contributed by atoms with van der Waals surface area (Å²) in [5.74, 6) is 1.00. The number of hydrogen-bond acceptors (Lipinski definition) is 2. The Morgan fingerprint density at radius 2 is 1.74 bits per heavy atom. The molecule has 5 rings (SSSR count). The van der Waals surface area contributed by atoms with E-state index in [9.17, 15) is 0 Å². The van der Waals surface area contributed by atoms with Crippen LogP contribution in [0.25, 0.3) is 33.1 Å². The Kier molecular flexibility index (Phi) is 3.72. The van der Waals surface area contributed by atoms with Gasteiger partial charge in [-0.15, -0.1) is 0 Å². The number of nitrogens with one attached hydrogen (secondary N) is 1. The van der Waals surface area contributed by atoms with Crippen LogP contribution in [0.15, 0.2) is 79.0 Å². The molecule has 3 aromatic carbocycles. The topological polar surface area (TPSA) is 41.6 Å². The van der Waals surface area contributed by atoms with Crippen LogP contribution in [0.4, 0.5) is 0 Å². The number of aryl methyl sites for hydroxylation is 1. The molecule has 0 unspecified atom stereocenters. The van der Waals surface area contributed by atoms with Crippen molar-refractivity contribution >= 4 is 21.8 Å². The lowest BCUT2D eigenvalue weighted by molar-refractivity contribution is 1.03. The molecule has 2 heterocycles. The molecule has 0 aliphatic heterocycles. The van der Waals surface area contributed by atoms with Gasteiger partial charge in [0.2, 0.25) is 0 Å². The summed E-state index contributed by atoms with van der Waals surface area (Å²) >= 11 is 0. The van der Waals surface area contributed by atoms with E-state index in [0.717, 1.165) is 34.5 Å². The van der Waals surface area contributed by atoms with Crippen molar-refractivity contribution < 1.29 is 0 Å². The van der Waals surface area contributed by atoms with Gasteiger partial charge in [-0.3, -0.25) is 4.98 Å². The highest BCUT2D eigenvalue weighted by molar-refractivity contribution is 5.88. The average molecular weight is 349 g/mol. The molecule has 0 bridgehead atoms. The van der Waals surface area contributed by atoms with Crippen LogP contribution in [-0.2, 0) is 6.42 Å². The zero-order valence-electron chi connectivity index (χ0n) is 15.1. The van der Waals surface area contributed by atoms with Crippen molar-refractivity contribution in [3.63, 3.8) is 0 Å². The van der Waals surface area contributed by atoms with E-state index in [1.807, 2.05) is 42.6 Å². The SMILES string of the molecule is Cc1cc2cc(-c3ccccn3)ccc2cc1Cc1nc2ccccc2[nH]1. The summed E-state index contributed by atoms with van der Waals surface area (Å²) in [7, 11) is 0. The van der Waals surface area contributed by atoms with Crippen molar-refractivity contribution in [3.05, 3.63) is 95.9 Å². The predicted molar refractivity (Wildman–Crippen MR) is 111 cm³/mol. The molecule has 0 saturated heterocycles. The number of imidazole rings is 1. The van der Waals surface area contributed by atoms with E-state index in [0.29, 0.717) is 0 Å². The molecular weight excluding hydrogens is 330 g/mol. The highest BCUT2D eigenvalue weighted by atomic mass is 14.9. The maximum absolute atomic E-state index is 4.72. The molecule has 0 radical (unpaired) electrons. The first-order valence-electron chi connectivity index (χ1n) is 9.14. The lowest BCUT2D eigenvalue weighted by atomic mass is 9.97. The van der Waals surface area contributed by atoms with E-state index in [4.69, 9.17) is 4.98 Å². The number of aromatic amines is 1. The second kappa shape index (κ2) is 6.36. The van der Waals surface area contributed by atoms with Gasteiger partial charge in [0.05, 0.1) is 16.7 Å². The third kappa shape index (κ3) is 2.97. The molecule has 27 heavy (non-hydrogen) atoms. The van der Waals surface area contributed by atoms with Crippen LogP contribution >= 0.6 is 0 Å². The van der Waals surface area contributed by atoms with E-state index in [1.165, 1.54) is 21.9 Å². The summed E-state index contributed by atoms with van der Waals surface area (Å²) in [6.45, 7) is 2.17. The molecule has 5 aromatic rings. The van der Waals surface area contributed by atoms with Gasteiger partial charge in [-0.1, -0.05) is 42.5 Å². The zero-order chi connectivity index (χ0) is 18.2. The number of nitrogens with zero attached hydrogens (tertiary/aromatic N) is 2. The summed E-state index contributed by atoms with van der Waals surface area (Å²) in [6.07, 6.45) is 2.64. The van der Waals surface area contributed by atoms with Gasteiger partial charge in [-0.05, 0) is 59.2 Å². The first kappa shape index (κ1) is 15.8. The Morgan fingerprint density at radius 3 is 2.59 bits per heavy atom. The zero-order valence-corrected chi connectivity index (χ0v) is 15.1. The summed E-state index contributed by atoms with van der Waals surface area (Å²) in [6, 6.07) is 25.3. The largest absolute Gasteiger partial charge is 0.342 e. The number of fused-ring (bicyclic) bond motifs is 2. The Hall–Kier alpha value is -3.46. The van der Waals surface area contributed by atoms with E-state index >= 15 is 0 Å². The minimum absolute atomic E-state index is 0.804. The van der Waals surface area contributed by atoms with Gasteiger partial charge in [0.25, 0.3) is 0 Å². The third-order valence-corrected chi connectivity index (χ3v) is 5.05. The molecule has 130 valence electrons. The van der Waals surface area contributed by atoms with Crippen molar-refractivity contribution in [2.24, 2.45) is 0 Å². The van der Waals surface area contributed by atoms with Crippen LogP contribution in [0.5, 0.6) is 0 Å². The highest BCUT2D eigenvalue weighted by Crippen LogP contribution is 2.26. The van der Waals surface area contributed by atoms with Crippen LogP contribution in [-0.4, -0.2) is 15.0 Å². The van der Waals surface area contributed by atoms with Gasteiger partial charge in [0.1, 0.15) is 5.82 Å². The van der Waals surface area contributed by atoms with E-state index in [1.54, 1.807) is 0 Å². The number of pyridine rings is 1. The van der Waals surface area contributed by atoms with Crippen LogP contribution in [0.1, 0.15) is 17.0 Å². The molecule has 0 spiro atoms. The Morgan fingerprint density at radius 1 is 0.852 bits per heavy atom. The van der Waals surface area contributed by atoms with Gasteiger partial charge in [0.15, 0.2) is 0 Å². The van der Waals surface area contributed by atoms with E-state index in [-0.39, 0.29) is 0 Å². The van der Waals surface area contributed by atoms with Gasteiger partial charge < -0.3 is 4.98 Å². The number of aromatic nitrogens is 3. The van der Waals surface area contributed by atoms with Crippen molar-refractivity contribution in [2.75, 3.05) is 0 Å². The van der Waals surface area contributed by atoms with Crippen molar-refractivity contribution in [1.29, 1.82) is 0 Å². The molecule has 0 saturated carbocycles. The smallest absolute Gasteiger partial charge is 0.111 e. The van der Waals surface area contributed by atoms with Crippen LogP contribution in [0.2, 0.25) is 0 Å². The lowest BCUT2D eigenvalue weighted by Gasteiger charge is -2.09. The van der Waals surface area contributed by atoms with Gasteiger partial charge in [-0.25, -0.2) is 4.98 Å². The number of H-pyrrole nitrogens is 1. The first-order valence-corrected chi connectivity index (χ1v) is 9.14. The predicted octanol–water partition coefficient (Wildman–Crippen LogP) is 5.68. The number of hydrogen-bond donors (Lipinski definition) is 1. The molecule has 0 fully saturated rings. The van der Waals surface area contributed by atoms with Crippen LogP contribution < -0.4 is 0 Å². The first-order chi connectivity index (χ1) is 13.3. The van der Waals surface area contributed by atoms with Crippen LogP contribution in [0, 0.1) is 6.92 Å². The normalized spacial score (nSPS) is 11.3. The number of rotatable bonds is 3. The quantitative estimate of drug-likeness (QED) is 0.455. The fourth-order valence-corrected chi connectivity index (χ4v) is 3.61. The monoisotopic (exact) mass is 349 g/mol. The fourth-order valence-electron chi connectivity index (χ4n) is 3.61. The summed E-state index contributed by atoms with van der Waals surface area (Å²) in [5.41, 5.74) is 6.83. The molecule has 0 aliphatic carbocycles. The average Bonchev–Trinajstić information content (AvgIpc) is 3.11. The molecule has 3 heteroatoms. The standard InChI is InChI=1S/C24H19N3/c1-16-12-20-14-18(21-6-4-5-11-25-21)10-9-17(20)13-19(16)15-24-26-22-7-2-3-8-23(22)27-24/h2-14H,15H2,1H3,(H,26,27). The van der Waals surface area contributed by atoms with E-state index in [2.05, 4.69) is 53.3 Å². The Bertz CT molecular complexity index is 1220. The molecular formula is C24H19N3.